The second kappa shape index (κ2) is 12.8. The lowest BCUT2D eigenvalue weighted by atomic mass is 9.78. The number of rotatable bonds is 10. The molecule has 0 fully saturated rings. The summed E-state index contributed by atoms with van der Waals surface area (Å²) in [5, 5.41) is 15.0. The predicted molar refractivity (Wildman–Crippen MR) is 161 cm³/mol. The summed E-state index contributed by atoms with van der Waals surface area (Å²) < 4.78 is 36.2. The Hall–Kier alpha value is -3.85. The molecule has 0 aliphatic heterocycles. The van der Waals surface area contributed by atoms with E-state index in [2.05, 4.69) is 52.1 Å². The molecule has 0 unspecified atom stereocenters. The van der Waals surface area contributed by atoms with Crippen LogP contribution in [0, 0.1) is 0 Å². The van der Waals surface area contributed by atoms with E-state index in [-0.39, 0.29) is 39.6 Å². The molecule has 0 saturated carbocycles. The van der Waals surface area contributed by atoms with Crippen molar-refractivity contribution in [2.75, 3.05) is 6.61 Å². The standard InChI is InChI=1S/C32H40N2O6S/c1-8-39-28-20-23(14-16-27(28)40-41(37,38)24-12-10-9-11-13-24)21-33-34-29(35)17-15-22-18-25(31(2,3)4)30(36)26(19-22)32(5,6)7/h9-14,16,18-21,36H,8,15,17H2,1-7H3,(H,34,35)/b33-21-. The molecule has 0 spiro atoms. The zero-order valence-corrected chi connectivity index (χ0v) is 25.6. The van der Waals surface area contributed by atoms with E-state index in [0.29, 0.717) is 24.3 Å². The Kier molecular flexibility index (Phi) is 9.86. The Morgan fingerprint density at radius 3 is 2.10 bits per heavy atom. The number of benzene rings is 3. The fraction of sp³-hybridized carbons (Fsp3) is 0.375. The number of hydrogen-bond donors (Lipinski definition) is 2. The zero-order valence-electron chi connectivity index (χ0n) is 24.8. The van der Waals surface area contributed by atoms with Gasteiger partial charge in [-0.1, -0.05) is 71.9 Å². The summed E-state index contributed by atoms with van der Waals surface area (Å²) in [4.78, 5) is 12.6. The van der Waals surface area contributed by atoms with Gasteiger partial charge in [-0.2, -0.15) is 13.5 Å². The van der Waals surface area contributed by atoms with Gasteiger partial charge in [-0.3, -0.25) is 4.79 Å². The third-order valence-electron chi connectivity index (χ3n) is 6.33. The number of amides is 1. The third-order valence-corrected chi connectivity index (χ3v) is 7.58. The first-order chi connectivity index (χ1) is 19.1. The smallest absolute Gasteiger partial charge is 0.339 e. The van der Waals surface area contributed by atoms with Gasteiger partial charge in [0.15, 0.2) is 11.5 Å². The van der Waals surface area contributed by atoms with Gasteiger partial charge in [-0.05, 0) is 76.8 Å². The van der Waals surface area contributed by atoms with Crippen LogP contribution < -0.4 is 14.3 Å². The minimum atomic E-state index is -4.03. The van der Waals surface area contributed by atoms with Crippen LogP contribution in [0.2, 0.25) is 0 Å². The number of ether oxygens (including phenoxy) is 1. The molecule has 2 N–H and O–H groups in total. The molecule has 0 heterocycles. The first kappa shape index (κ1) is 31.7. The summed E-state index contributed by atoms with van der Waals surface area (Å²) in [6.07, 6.45) is 2.15. The maximum atomic E-state index is 12.6. The highest BCUT2D eigenvalue weighted by Crippen LogP contribution is 2.40. The molecule has 9 heteroatoms. The second-order valence-corrected chi connectivity index (χ2v) is 13.4. The molecule has 41 heavy (non-hydrogen) atoms. The highest BCUT2D eigenvalue weighted by Gasteiger charge is 2.26. The topological polar surface area (TPSA) is 114 Å². The molecule has 0 aromatic heterocycles. The Balaban J connectivity index is 1.69. The van der Waals surface area contributed by atoms with E-state index in [1.807, 2.05) is 12.1 Å². The molecular weight excluding hydrogens is 540 g/mol. The molecule has 0 bridgehead atoms. The lowest BCUT2D eigenvalue weighted by molar-refractivity contribution is -0.121. The number of phenols is 1. The fourth-order valence-electron chi connectivity index (χ4n) is 4.17. The molecular formula is C32H40N2O6S. The summed E-state index contributed by atoms with van der Waals surface area (Å²) in [5.74, 6) is 0.333. The SMILES string of the molecule is CCOc1cc(/C=N\NC(=O)CCc2cc(C(C)(C)C)c(O)c(C(C)(C)C)c2)ccc1OS(=O)(=O)c1ccccc1. The Labute approximate surface area is 243 Å². The van der Waals surface area contributed by atoms with Crippen LogP contribution in [0.5, 0.6) is 17.2 Å². The summed E-state index contributed by atoms with van der Waals surface area (Å²) >= 11 is 0. The number of aryl methyl sites for hydroxylation is 1. The molecule has 3 aromatic carbocycles. The van der Waals surface area contributed by atoms with Crippen molar-refractivity contribution in [1.82, 2.24) is 5.43 Å². The van der Waals surface area contributed by atoms with E-state index in [4.69, 9.17) is 8.92 Å². The predicted octanol–water partition coefficient (Wildman–Crippen LogP) is 6.24. The summed E-state index contributed by atoms with van der Waals surface area (Å²) in [5.41, 5.74) is 5.30. The average molecular weight is 581 g/mol. The Morgan fingerprint density at radius 1 is 0.927 bits per heavy atom. The van der Waals surface area contributed by atoms with Crippen molar-refractivity contribution < 1.29 is 27.2 Å². The van der Waals surface area contributed by atoms with Gasteiger partial charge in [0.1, 0.15) is 10.6 Å². The van der Waals surface area contributed by atoms with Crippen molar-refractivity contribution in [2.45, 2.75) is 77.0 Å². The van der Waals surface area contributed by atoms with Crippen molar-refractivity contribution in [3.63, 3.8) is 0 Å². The van der Waals surface area contributed by atoms with Crippen molar-refractivity contribution in [1.29, 1.82) is 0 Å². The van der Waals surface area contributed by atoms with Crippen molar-refractivity contribution >= 4 is 22.2 Å². The summed E-state index contributed by atoms with van der Waals surface area (Å²) in [7, 11) is -4.03. The van der Waals surface area contributed by atoms with Crippen LogP contribution in [0.3, 0.4) is 0 Å². The van der Waals surface area contributed by atoms with Crippen molar-refractivity contribution in [3.05, 3.63) is 82.9 Å². The van der Waals surface area contributed by atoms with Crippen LogP contribution in [-0.2, 0) is 32.2 Å². The van der Waals surface area contributed by atoms with Gasteiger partial charge in [0.05, 0.1) is 12.8 Å². The second-order valence-electron chi connectivity index (χ2n) is 11.8. The van der Waals surface area contributed by atoms with E-state index in [1.165, 1.54) is 24.4 Å². The van der Waals surface area contributed by atoms with E-state index in [1.54, 1.807) is 37.3 Å². The molecule has 0 atom stereocenters. The van der Waals surface area contributed by atoms with E-state index < -0.39 is 10.1 Å². The molecule has 0 radical (unpaired) electrons. The van der Waals surface area contributed by atoms with Crippen LogP contribution in [0.15, 0.2) is 70.7 Å². The van der Waals surface area contributed by atoms with Crippen LogP contribution in [0.4, 0.5) is 0 Å². The van der Waals surface area contributed by atoms with Crippen molar-refractivity contribution in [3.8, 4) is 17.2 Å². The molecule has 0 aliphatic carbocycles. The first-order valence-electron chi connectivity index (χ1n) is 13.6. The van der Waals surface area contributed by atoms with Crippen LogP contribution in [0.1, 0.15) is 77.1 Å². The summed E-state index contributed by atoms with van der Waals surface area (Å²) in [6, 6.07) is 16.5. The first-order valence-corrected chi connectivity index (χ1v) is 15.0. The third kappa shape index (κ3) is 8.57. The minimum absolute atomic E-state index is 0.0346. The molecule has 0 aliphatic rings. The van der Waals surface area contributed by atoms with Gasteiger partial charge < -0.3 is 14.0 Å². The zero-order chi connectivity index (χ0) is 30.4. The monoisotopic (exact) mass is 580 g/mol. The number of nitrogens with zero attached hydrogens (tertiary/aromatic N) is 1. The molecule has 0 saturated heterocycles. The van der Waals surface area contributed by atoms with Gasteiger partial charge in [0, 0.05) is 6.42 Å². The molecule has 220 valence electrons. The largest absolute Gasteiger partial charge is 0.507 e. The molecule has 1 amide bonds. The Morgan fingerprint density at radius 2 is 1.54 bits per heavy atom. The normalized spacial score (nSPS) is 12.4. The van der Waals surface area contributed by atoms with Gasteiger partial charge in [0.2, 0.25) is 5.91 Å². The number of carbonyl (C=O) groups is 1. The number of carbonyl (C=O) groups excluding carboxylic acids is 1. The van der Waals surface area contributed by atoms with Crippen molar-refractivity contribution in [2.24, 2.45) is 5.10 Å². The van der Waals surface area contributed by atoms with Gasteiger partial charge >= 0.3 is 10.1 Å². The lowest BCUT2D eigenvalue weighted by Crippen LogP contribution is -2.20. The van der Waals surface area contributed by atoms with E-state index >= 15 is 0 Å². The number of phenolic OH excluding ortho intramolecular Hbond substituents is 1. The lowest BCUT2D eigenvalue weighted by Gasteiger charge is -2.28. The number of hydrazone groups is 1. The average Bonchev–Trinajstić information content (AvgIpc) is 2.88. The molecule has 3 rings (SSSR count). The molecule has 3 aromatic rings. The minimum Gasteiger partial charge on any atom is -0.507 e. The summed E-state index contributed by atoms with van der Waals surface area (Å²) in [6.45, 7) is 14.4. The van der Waals surface area contributed by atoms with Crippen LogP contribution in [0.25, 0.3) is 0 Å². The van der Waals surface area contributed by atoms with Gasteiger partial charge in [-0.15, -0.1) is 0 Å². The highest BCUT2D eigenvalue weighted by molar-refractivity contribution is 7.87. The van der Waals surface area contributed by atoms with Gasteiger partial charge in [-0.25, -0.2) is 5.43 Å². The van der Waals surface area contributed by atoms with E-state index in [9.17, 15) is 18.3 Å². The highest BCUT2D eigenvalue weighted by atomic mass is 32.2. The molecule has 8 nitrogen and oxygen atoms in total. The van der Waals surface area contributed by atoms with Gasteiger partial charge in [0.25, 0.3) is 0 Å². The quantitative estimate of drug-likeness (QED) is 0.167. The number of aromatic hydroxyl groups is 1. The number of nitrogens with one attached hydrogen (secondary N) is 1. The van der Waals surface area contributed by atoms with E-state index in [0.717, 1.165) is 16.7 Å². The van der Waals surface area contributed by atoms with Crippen LogP contribution >= 0.6 is 0 Å². The van der Waals surface area contributed by atoms with Crippen LogP contribution in [-0.4, -0.2) is 32.3 Å². The Bertz CT molecular complexity index is 1470. The number of hydrogen-bond acceptors (Lipinski definition) is 7. The maximum Gasteiger partial charge on any atom is 0.339 e. The maximum absolute atomic E-state index is 12.6. The fourth-order valence-corrected chi connectivity index (χ4v) is 5.13.